The summed E-state index contributed by atoms with van der Waals surface area (Å²) in [7, 11) is -3.99. The molecule has 0 saturated heterocycles. The minimum Gasteiger partial charge on any atom is -0.390 e. The van der Waals surface area contributed by atoms with Crippen LogP contribution in [0.1, 0.15) is 36.1 Å². The number of halogens is 2. The van der Waals surface area contributed by atoms with Crippen LogP contribution in [-0.4, -0.2) is 42.9 Å². The molecule has 1 aliphatic rings. The molecule has 3 N–H and O–H groups in total. The van der Waals surface area contributed by atoms with Crippen molar-refractivity contribution in [1.82, 2.24) is 10.6 Å². The van der Waals surface area contributed by atoms with Gasteiger partial charge in [-0.25, -0.2) is 17.2 Å². The fraction of sp³-hybridized carbons (Fsp3) is 0.345. The number of aryl methyl sites for hydroxylation is 1. The van der Waals surface area contributed by atoms with E-state index < -0.39 is 44.3 Å². The van der Waals surface area contributed by atoms with E-state index in [2.05, 4.69) is 23.6 Å². The van der Waals surface area contributed by atoms with Crippen LogP contribution in [-0.2, 0) is 40.4 Å². The van der Waals surface area contributed by atoms with Crippen LogP contribution in [0.25, 0.3) is 0 Å². The molecule has 202 valence electrons. The van der Waals surface area contributed by atoms with E-state index in [-0.39, 0.29) is 29.8 Å². The predicted molar refractivity (Wildman–Crippen MR) is 141 cm³/mol. The van der Waals surface area contributed by atoms with E-state index in [4.69, 9.17) is 0 Å². The van der Waals surface area contributed by atoms with Gasteiger partial charge in [-0.1, -0.05) is 49.4 Å². The summed E-state index contributed by atoms with van der Waals surface area (Å²) in [5.74, 6) is -2.34. The molecular weight excluding hydrogens is 510 g/mol. The van der Waals surface area contributed by atoms with Crippen molar-refractivity contribution in [3.8, 4) is 0 Å². The second-order valence-corrected chi connectivity index (χ2v) is 12.3. The lowest BCUT2D eigenvalue weighted by Gasteiger charge is -2.29. The highest BCUT2D eigenvalue weighted by molar-refractivity contribution is 7.94. The van der Waals surface area contributed by atoms with Crippen molar-refractivity contribution in [2.24, 2.45) is 0 Å². The van der Waals surface area contributed by atoms with Crippen molar-refractivity contribution in [2.75, 3.05) is 6.54 Å². The molecule has 3 aromatic rings. The van der Waals surface area contributed by atoms with Gasteiger partial charge in [0.2, 0.25) is 5.91 Å². The summed E-state index contributed by atoms with van der Waals surface area (Å²) in [6.45, 7) is 3.94. The van der Waals surface area contributed by atoms with Gasteiger partial charge in [-0.15, -0.1) is 0 Å². The second-order valence-electron chi connectivity index (χ2n) is 9.95. The van der Waals surface area contributed by atoms with Crippen molar-refractivity contribution in [1.29, 1.82) is 0 Å². The molecule has 0 saturated carbocycles. The van der Waals surface area contributed by atoms with E-state index >= 15 is 0 Å². The van der Waals surface area contributed by atoms with Crippen LogP contribution in [0, 0.1) is 11.6 Å². The molecule has 0 bridgehead atoms. The molecule has 4 rings (SSSR count). The van der Waals surface area contributed by atoms with Gasteiger partial charge >= 0.3 is 0 Å². The summed E-state index contributed by atoms with van der Waals surface area (Å²) in [5.41, 5.74) is 2.97. The summed E-state index contributed by atoms with van der Waals surface area (Å²) in [4.78, 5) is 13.6. The van der Waals surface area contributed by atoms with E-state index in [0.29, 0.717) is 12.1 Å². The Bertz CT molecular complexity index is 1410. The normalized spacial score (nSPS) is 19.5. The van der Waals surface area contributed by atoms with Gasteiger partial charge < -0.3 is 15.7 Å². The van der Waals surface area contributed by atoms with Crippen molar-refractivity contribution < 1.29 is 27.1 Å². The number of fused-ring (bicyclic) bond motifs is 1. The Balaban J connectivity index is 1.53. The number of aliphatic hydroxyl groups excluding tert-OH is 1. The SMILES string of the molecule is CCc1cccc(CNC[C@H](O)[C@H](Cc2cc(F)cc(F)c2)NC(=O)C2(C)Cc3ccccc3S2(=O)=O)c1. The van der Waals surface area contributed by atoms with Gasteiger partial charge in [-0.2, -0.15) is 0 Å². The van der Waals surface area contributed by atoms with E-state index in [1.54, 1.807) is 18.2 Å². The highest BCUT2D eigenvalue weighted by Crippen LogP contribution is 2.39. The molecule has 3 aromatic carbocycles. The number of aliphatic hydroxyl groups is 1. The van der Waals surface area contributed by atoms with E-state index in [9.17, 15) is 27.1 Å². The van der Waals surface area contributed by atoms with Gasteiger partial charge in [0, 0.05) is 25.6 Å². The van der Waals surface area contributed by atoms with Gasteiger partial charge in [-0.3, -0.25) is 4.79 Å². The Hall–Kier alpha value is -3.14. The summed E-state index contributed by atoms with van der Waals surface area (Å²) >= 11 is 0. The number of hydrogen-bond donors (Lipinski definition) is 3. The van der Waals surface area contributed by atoms with Gasteiger partial charge in [0.05, 0.1) is 17.0 Å². The standard InChI is InChI=1S/C29H32F2N2O4S/c1-3-19-7-6-8-20(11-19)17-32-18-26(34)25(14-21-12-23(30)15-24(31)13-21)33-28(35)29(2)16-22-9-4-5-10-27(22)38(29,36)37/h4-13,15,25-26,32,34H,3,14,16-18H2,1-2H3,(H,33,35)/t25-,26-,29?/m0/s1. The zero-order chi connectivity index (χ0) is 27.5. The average molecular weight is 543 g/mol. The first-order valence-electron chi connectivity index (χ1n) is 12.6. The Morgan fingerprint density at radius 3 is 2.37 bits per heavy atom. The molecule has 1 aliphatic heterocycles. The largest absolute Gasteiger partial charge is 0.390 e. The zero-order valence-electron chi connectivity index (χ0n) is 21.4. The zero-order valence-corrected chi connectivity index (χ0v) is 22.2. The maximum absolute atomic E-state index is 13.9. The van der Waals surface area contributed by atoms with E-state index in [0.717, 1.165) is 30.2 Å². The second kappa shape index (κ2) is 11.3. The van der Waals surface area contributed by atoms with Crippen molar-refractivity contribution in [3.05, 3.63) is 101 Å². The van der Waals surface area contributed by atoms with Crippen molar-refractivity contribution in [3.63, 3.8) is 0 Å². The Morgan fingerprint density at radius 1 is 1.00 bits per heavy atom. The van der Waals surface area contributed by atoms with E-state index in [1.807, 2.05) is 18.2 Å². The number of rotatable bonds is 10. The molecule has 38 heavy (non-hydrogen) atoms. The van der Waals surface area contributed by atoms with Crippen LogP contribution in [0.5, 0.6) is 0 Å². The van der Waals surface area contributed by atoms with E-state index in [1.165, 1.54) is 18.6 Å². The third kappa shape index (κ3) is 5.80. The van der Waals surface area contributed by atoms with Crippen LogP contribution >= 0.6 is 0 Å². The first kappa shape index (κ1) is 27.9. The first-order chi connectivity index (χ1) is 18.0. The van der Waals surface area contributed by atoms with Crippen LogP contribution < -0.4 is 10.6 Å². The summed E-state index contributed by atoms with van der Waals surface area (Å²) in [5, 5.41) is 16.9. The van der Waals surface area contributed by atoms with Crippen LogP contribution in [0.15, 0.2) is 71.6 Å². The number of sulfone groups is 1. The van der Waals surface area contributed by atoms with Crippen LogP contribution in [0.3, 0.4) is 0 Å². The molecule has 1 heterocycles. The molecule has 3 atom stereocenters. The summed E-state index contributed by atoms with van der Waals surface area (Å²) in [6.07, 6.45) is -0.395. The third-order valence-electron chi connectivity index (χ3n) is 7.10. The number of carbonyl (C=O) groups excluding carboxylic acids is 1. The van der Waals surface area contributed by atoms with Gasteiger partial charge in [0.1, 0.15) is 11.6 Å². The lowest BCUT2D eigenvalue weighted by molar-refractivity contribution is -0.124. The highest BCUT2D eigenvalue weighted by atomic mass is 32.2. The minimum absolute atomic E-state index is 0.0131. The molecule has 0 spiro atoms. The van der Waals surface area contributed by atoms with Gasteiger partial charge in [-0.05, 0) is 60.2 Å². The molecular formula is C29H32F2N2O4S. The average Bonchev–Trinajstić information content (AvgIpc) is 3.09. The quantitative estimate of drug-likeness (QED) is 0.365. The molecule has 1 amide bonds. The Labute approximate surface area is 222 Å². The predicted octanol–water partition coefficient (Wildman–Crippen LogP) is 3.49. The lowest BCUT2D eigenvalue weighted by atomic mass is 9.97. The third-order valence-corrected chi connectivity index (χ3v) is 9.60. The maximum atomic E-state index is 13.9. The number of amides is 1. The molecule has 1 unspecified atom stereocenters. The molecule has 0 fully saturated rings. The van der Waals surface area contributed by atoms with Crippen molar-refractivity contribution >= 4 is 15.7 Å². The van der Waals surface area contributed by atoms with Crippen LogP contribution in [0.4, 0.5) is 8.78 Å². The van der Waals surface area contributed by atoms with Gasteiger partial charge in [0.25, 0.3) is 0 Å². The monoisotopic (exact) mass is 542 g/mol. The number of hydrogen-bond acceptors (Lipinski definition) is 5. The number of benzene rings is 3. The lowest BCUT2D eigenvalue weighted by Crippen LogP contribution is -2.56. The molecule has 0 aliphatic carbocycles. The smallest absolute Gasteiger partial charge is 0.242 e. The highest BCUT2D eigenvalue weighted by Gasteiger charge is 2.53. The Morgan fingerprint density at radius 2 is 1.68 bits per heavy atom. The fourth-order valence-corrected chi connectivity index (χ4v) is 6.75. The van der Waals surface area contributed by atoms with Crippen LogP contribution in [0.2, 0.25) is 0 Å². The van der Waals surface area contributed by atoms with Crippen molar-refractivity contribution in [2.45, 2.75) is 61.4 Å². The molecule has 0 radical (unpaired) electrons. The topological polar surface area (TPSA) is 95.5 Å². The summed E-state index contributed by atoms with van der Waals surface area (Å²) in [6, 6.07) is 16.4. The maximum Gasteiger partial charge on any atom is 0.242 e. The molecule has 9 heteroatoms. The number of carbonyl (C=O) groups is 1. The number of nitrogens with one attached hydrogen (secondary N) is 2. The molecule has 0 aromatic heterocycles. The Kier molecular flexibility index (Phi) is 8.30. The molecule has 6 nitrogen and oxygen atoms in total. The van der Waals surface area contributed by atoms with Gasteiger partial charge in [0.15, 0.2) is 14.6 Å². The minimum atomic E-state index is -3.99. The fourth-order valence-electron chi connectivity index (χ4n) is 4.87. The summed E-state index contributed by atoms with van der Waals surface area (Å²) < 4.78 is 52.5. The first-order valence-corrected chi connectivity index (χ1v) is 14.1.